The number of aromatic nitrogens is 5. The number of piperidine rings is 1. The zero-order chi connectivity index (χ0) is 24.4. The second-order valence-electron chi connectivity index (χ2n) is 9.82. The van der Waals surface area contributed by atoms with Gasteiger partial charge in [-0.05, 0) is 58.2 Å². The van der Waals surface area contributed by atoms with Gasteiger partial charge in [0.1, 0.15) is 6.67 Å². The Balaban J connectivity index is 1.42. The Morgan fingerprint density at radius 3 is 2.71 bits per heavy atom. The molecule has 3 aromatic rings. The van der Waals surface area contributed by atoms with Crippen LogP contribution in [0.3, 0.4) is 0 Å². The minimum Gasteiger partial charge on any atom is -0.481 e. The smallest absolute Gasteiger partial charge is 0.219 e. The van der Waals surface area contributed by atoms with E-state index in [0.29, 0.717) is 36.6 Å². The Labute approximate surface area is 206 Å². The maximum Gasteiger partial charge on any atom is 0.219 e. The van der Waals surface area contributed by atoms with Crippen molar-refractivity contribution < 1.29 is 13.9 Å². The lowest BCUT2D eigenvalue weighted by Gasteiger charge is -2.34. The van der Waals surface area contributed by atoms with E-state index >= 15 is 0 Å². The summed E-state index contributed by atoms with van der Waals surface area (Å²) in [6.07, 6.45) is 9.65. The fraction of sp³-hybridized carbons (Fsp3) is 0.577. The van der Waals surface area contributed by atoms with Crippen molar-refractivity contribution in [2.75, 3.05) is 33.4 Å². The van der Waals surface area contributed by atoms with Crippen LogP contribution in [0.1, 0.15) is 43.5 Å². The first-order valence-electron chi connectivity index (χ1n) is 12.6. The fourth-order valence-electron chi connectivity index (χ4n) is 5.28. The highest BCUT2D eigenvalue weighted by Crippen LogP contribution is 2.31. The van der Waals surface area contributed by atoms with E-state index in [1.54, 1.807) is 12.3 Å². The Hall–Kier alpha value is -2.78. The van der Waals surface area contributed by atoms with E-state index in [2.05, 4.69) is 39.7 Å². The molecule has 2 aliphatic heterocycles. The average Bonchev–Trinajstić information content (AvgIpc) is 3.40. The summed E-state index contributed by atoms with van der Waals surface area (Å²) in [4.78, 5) is 6.86. The van der Waals surface area contributed by atoms with Crippen LogP contribution >= 0.6 is 0 Å². The first kappa shape index (κ1) is 23.9. The van der Waals surface area contributed by atoms with Crippen molar-refractivity contribution in [1.82, 2.24) is 29.4 Å². The zero-order valence-corrected chi connectivity index (χ0v) is 20.9. The summed E-state index contributed by atoms with van der Waals surface area (Å²) in [7, 11) is 1.50. The molecule has 35 heavy (non-hydrogen) atoms. The molecule has 2 aliphatic rings. The fourth-order valence-corrected chi connectivity index (χ4v) is 5.28. The second kappa shape index (κ2) is 10.5. The number of nitrogens with zero attached hydrogens (tertiary/aromatic N) is 6. The Kier molecular flexibility index (Phi) is 7.15. The number of hydrogen-bond acceptors (Lipinski definition) is 6. The lowest BCUT2D eigenvalue weighted by atomic mass is 9.96. The van der Waals surface area contributed by atoms with Crippen LogP contribution in [-0.2, 0) is 30.8 Å². The predicted molar refractivity (Wildman–Crippen MR) is 132 cm³/mol. The van der Waals surface area contributed by atoms with E-state index in [1.807, 2.05) is 10.9 Å². The molecule has 0 saturated carbocycles. The third kappa shape index (κ3) is 4.97. The molecule has 3 aromatic heterocycles. The van der Waals surface area contributed by atoms with Crippen LogP contribution in [0.25, 0.3) is 16.9 Å². The number of likely N-dealkylation sites (tertiary alicyclic amines) is 1. The van der Waals surface area contributed by atoms with Gasteiger partial charge in [0.25, 0.3) is 0 Å². The van der Waals surface area contributed by atoms with E-state index in [0.717, 1.165) is 55.1 Å². The molecule has 0 spiro atoms. The van der Waals surface area contributed by atoms with Gasteiger partial charge in [0.2, 0.25) is 5.88 Å². The molecule has 8 nitrogen and oxygen atoms in total. The predicted octanol–water partition coefficient (Wildman–Crippen LogP) is 3.84. The van der Waals surface area contributed by atoms with Gasteiger partial charge in [-0.1, -0.05) is 0 Å². The molecule has 5 heterocycles. The van der Waals surface area contributed by atoms with Crippen LogP contribution < -0.4 is 4.74 Å². The standard InChI is InChI=1S/C26H35FN6O2/c1-18(2)31-8-4-19(5-9-31)16-32-17-21(14-29-32)25-23-6-10-35-11-7-24(23)33(30-25)22-12-20(13-27)26(34-3)28-15-22/h12,14-15,17-19H,4-11,13,16H2,1-3H3. The summed E-state index contributed by atoms with van der Waals surface area (Å²) in [5.74, 6) is 0.948. The number of halogens is 1. The number of rotatable bonds is 7. The first-order valence-corrected chi connectivity index (χ1v) is 12.6. The molecule has 1 fully saturated rings. The molecule has 0 N–H and O–H groups in total. The molecule has 0 unspecified atom stereocenters. The van der Waals surface area contributed by atoms with E-state index in [1.165, 1.54) is 25.5 Å². The zero-order valence-electron chi connectivity index (χ0n) is 20.9. The molecule has 0 amide bonds. The average molecular weight is 483 g/mol. The maximum atomic E-state index is 13.6. The number of pyridine rings is 1. The summed E-state index contributed by atoms with van der Waals surface area (Å²) in [6, 6.07) is 2.38. The lowest BCUT2D eigenvalue weighted by Crippen LogP contribution is -2.39. The lowest BCUT2D eigenvalue weighted by molar-refractivity contribution is 0.140. The van der Waals surface area contributed by atoms with Crippen molar-refractivity contribution in [3.8, 4) is 22.8 Å². The summed E-state index contributed by atoms with van der Waals surface area (Å²) in [5, 5.41) is 9.68. The van der Waals surface area contributed by atoms with Crippen molar-refractivity contribution in [3.05, 3.63) is 41.5 Å². The van der Waals surface area contributed by atoms with Crippen LogP contribution in [0.15, 0.2) is 24.7 Å². The van der Waals surface area contributed by atoms with Crippen molar-refractivity contribution in [2.45, 2.75) is 58.8 Å². The topological polar surface area (TPSA) is 70.2 Å². The van der Waals surface area contributed by atoms with Crippen LogP contribution in [-0.4, -0.2) is 68.9 Å². The van der Waals surface area contributed by atoms with Gasteiger partial charge in [-0.3, -0.25) is 4.68 Å². The maximum absolute atomic E-state index is 13.6. The molecule has 0 bridgehead atoms. The van der Waals surface area contributed by atoms with Gasteiger partial charge in [0.15, 0.2) is 0 Å². The second-order valence-corrected chi connectivity index (χ2v) is 9.82. The summed E-state index contributed by atoms with van der Waals surface area (Å²) < 4.78 is 28.5. The minimum absolute atomic E-state index is 0.304. The number of methoxy groups -OCH3 is 1. The molecule has 0 aromatic carbocycles. The number of fused-ring (bicyclic) bond motifs is 1. The normalized spacial score (nSPS) is 17.5. The van der Waals surface area contributed by atoms with E-state index in [4.69, 9.17) is 14.6 Å². The van der Waals surface area contributed by atoms with Gasteiger partial charge in [-0.2, -0.15) is 10.2 Å². The van der Waals surface area contributed by atoms with Gasteiger partial charge in [0, 0.05) is 41.9 Å². The van der Waals surface area contributed by atoms with Crippen molar-refractivity contribution in [3.63, 3.8) is 0 Å². The van der Waals surface area contributed by atoms with E-state index in [9.17, 15) is 4.39 Å². The third-order valence-corrected chi connectivity index (χ3v) is 7.29. The van der Waals surface area contributed by atoms with E-state index < -0.39 is 6.67 Å². The van der Waals surface area contributed by atoms with Crippen LogP contribution in [0.5, 0.6) is 5.88 Å². The molecule has 5 rings (SSSR count). The monoisotopic (exact) mass is 482 g/mol. The van der Waals surface area contributed by atoms with Crippen molar-refractivity contribution in [1.29, 1.82) is 0 Å². The highest BCUT2D eigenvalue weighted by atomic mass is 19.1. The van der Waals surface area contributed by atoms with Crippen LogP contribution in [0.4, 0.5) is 4.39 Å². The molecule has 9 heteroatoms. The van der Waals surface area contributed by atoms with Gasteiger partial charge in [0.05, 0.1) is 49.8 Å². The molecule has 0 aliphatic carbocycles. The molecular formula is C26H35FN6O2. The quantitative estimate of drug-likeness (QED) is 0.510. The summed E-state index contributed by atoms with van der Waals surface area (Å²) in [5.41, 5.74) is 5.33. The number of ether oxygens (including phenoxy) is 2. The largest absolute Gasteiger partial charge is 0.481 e. The SMILES string of the molecule is COc1ncc(-n2nc(-c3cnn(CC4CCN(C(C)C)CC4)c3)c3c2CCOCC3)cc1CF. The van der Waals surface area contributed by atoms with Gasteiger partial charge in [-0.25, -0.2) is 14.1 Å². The van der Waals surface area contributed by atoms with Crippen molar-refractivity contribution in [2.24, 2.45) is 5.92 Å². The van der Waals surface area contributed by atoms with Gasteiger partial charge < -0.3 is 14.4 Å². The highest BCUT2D eigenvalue weighted by molar-refractivity contribution is 5.64. The van der Waals surface area contributed by atoms with Crippen LogP contribution in [0, 0.1) is 5.92 Å². The van der Waals surface area contributed by atoms with Crippen LogP contribution in [0.2, 0.25) is 0 Å². The Bertz CT molecular complexity index is 1150. The highest BCUT2D eigenvalue weighted by Gasteiger charge is 2.25. The Morgan fingerprint density at radius 2 is 1.97 bits per heavy atom. The number of alkyl halides is 1. The molecule has 1 saturated heterocycles. The molecule has 0 atom stereocenters. The number of hydrogen-bond donors (Lipinski definition) is 0. The Morgan fingerprint density at radius 1 is 1.17 bits per heavy atom. The minimum atomic E-state index is -0.647. The van der Waals surface area contributed by atoms with E-state index in [-0.39, 0.29) is 0 Å². The molecule has 0 radical (unpaired) electrons. The molecular weight excluding hydrogens is 447 g/mol. The van der Waals surface area contributed by atoms with Gasteiger partial charge in [-0.15, -0.1) is 0 Å². The first-order chi connectivity index (χ1) is 17.1. The molecule has 188 valence electrons. The third-order valence-electron chi connectivity index (χ3n) is 7.29. The summed E-state index contributed by atoms with van der Waals surface area (Å²) in [6.45, 7) is 8.43. The van der Waals surface area contributed by atoms with Crippen molar-refractivity contribution >= 4 is 0 Å². The summed E-state index contributed by atoms with van der Waals surface area (Å²) >= 11 is 0. The van der Waals surface area contributed by atoms with Gasteiger partial charge >= 0.3 is 0 Å².